The minimum Gasteiger partial charge on any atom is -0.480 e. The summed E-state index contributed by atoms with van der Waals surface area (Å²) in [7, 11) is 0. The summed E-state index contributed by atoms with van der Waals surface area (Å²) >= 11 is 0. The maximum absolute atomic E-state index is 12.8. The standard InChI is InChI=1S/C19H33NO8/c1-5-8-11-26-16(23)19(20-14(4)15(21)22,17(24)27-12-9-6-2)18(25)28-13-10-7-3/h14,20H,5-13H2,1-4H3,(H,21,22)/t14-/m0/s1. The molecule has 0 bridgehead atoms. The molecule has 28 heavy (non-hydrogen) atoms. The summed E-state index contributed by atoms with van der Waals surface area (Å²) in [5, 5.41) is 11.5. The maximum Gasteiger partial charge on any atom is 0.350 e. The summed E-state index contributed by atoms with van der Waals surface area (Å²) < 4.78 is 15.3. The summed E-state index contributed by atoms with van der Waals surface area (Å²) in [6.45, 7) is 6.77. The number of esters is 3. The number of rotatable bonds is 15. The smallest absolute Gasteiger partial charge is 0.350 e. The van der Waals surface area contributed by atoms with E-state index in [4.69, 9.17) is 14.2 Å². The first-order valence-electron chi connectivity index (χ1n) is 9.79. The summed E-state index contributed by atoms with van der Waals surface area (Å²) in [5.74, 6) is -5.03. The van der Waals surface area contributed by atoms with Crippen LogP contribution < -0.4 is 5.32 Å². The van der Waals surface area contributed by atoms with E-state index < -0.39 is 35.5 Å². The predicted octanol–water partition coefficient (Wildman–Crippen LogP) is 1.82. The largest absolute Gasteiger partial charge is 0.480 e. The third-order valence-corrected chi connectivity index (χ3v) is 3.92. The number of nitrogens with one attached hydrogen (secondary N) is 1. The molecule has 0 rings (SSSR count). The lowest BCUT2D eigenvalue weighted by atomic mass is 9.98. The molecule has 9 nitrogen and oxygen atoms in total. The van der Waals surface area contributed by atoms with Crippen LogP contribution in [0, 0.1) is 0 Å². The van der Waals surface area contributed by atoms with Gasteiger partial charge in [-0.15, -0.1) is 0 Å². The zero-order valence-corrected chi connectivity index (χ0v) is 17.2. The van der Waals surface area contributed by atoms with Gasteiger partial charge in [-0.1, -0.05) is 40.0 Å². The summed E-state index contributed by atoms with van der Waals surface area (Å²) in [5.41, 5.74) is -2.69. The molecule has 0 heterocycles. The second-order valence-corrected chi connectivity index (χ2v) is 6.42. The van der Waals surface area contributed by atoms with Crippen molar-refractivity contribution in [1.82, 2.24) is 5.32 Å². The Hall–Kier alpha value is -2.16. The van der Waals surface area contributed by atoms with Crippen molar-refractivity contribution in [2.24, 2.45) is 0 Å². The molecule has 0 aliphatic heterocycles. The average Bonchev–Trinajstić information content (AvgIpc) is 2.65. The van der Waals surface area contributed by atoms with Crippen LogP contribution in [-0.2, 0) is 33.4 Å². The van der Waals surface area contributed by atoms with Gasteiger partial charge in [0.15, 0.2) is 0 Å². The highest BCUT2D eigenvalue weighted by Gasteiger charge is 2.59. The van der Waals surface area contributed by atoms with Crippen molar-refractivity contribution >= 4 is 23.9 Å². The number of carboxylic acids is 1. The number of unbranched alkanes of at least 4 members (excludes halogenated alkanes) is 3. The Morgan fingerprint density at radius 2 is 1.11 bits per heavy atom. The highest BCUT2D eigenvalue weighted by molar-refractivity contribution is 6.23. The monoisotopic (exact) mass is 403 g/mol. The molecule has 0 aromatic rings. The fourth-order valence-corrected chi connectivity index (χ4v) is 2.07. The first kappa shape index (κ1) is 25.8. The van der Waals surface area contributed by atoms with E-state index in [0.29, 0.717) is 19.3 Å². The lowest BCUT2D eigenvalue weighted by Gasteiger charge is -2.30. The quantitative estimate of drug-likeness (QED) is 0.182. The fraction of sp³-hybridized carbons (Fsp3) is 0.789. The van der Waals surface area contributed by atoms with E-state index in [1.54, 1.807) is 0 Å². The zero-order valence-electron chi connectivity index (χ0n) is 17.2. The topological polar surface area (TPSA) is 128 Å². The van der Waals surface area contributed by atoms with Gasteiger partial charge in [-0.2, -0.15) is 0 Å². The van der Waals surface area contributed by atoms with Crippen molar-refractivity contribution in [3.05, 3.63) is 0 Å². The first-order valence-corrected chi connectivity index (χ1v) is 9.79. The van der Waals surface area contributed by atoms with Crippen LogP contribution in [0.1, 0.15) is 66.2 Å². The molecule has 0 aliphatic rings. The van der Waals surface area contributed by atoms with Gasteiger partial charge in [-0.3, -0.25) is 10.1 Å². The minimum atomic E-state index is -2.69. The molecule has 0 radical (unpaired) electrons. The Balaban J connectivity index is 5.84. The number of hydrogen-bond acceptors (Lipinski definition) is 8. The Labute approximate surface area is 166 Å². The van der Waals surface area contributed by atoms with Crippen LogP contribution in [-0.4, -0.2) is 60.4 Å². The van der Waals surface area contributed by atoms with Crippen molar-refractivity contribution in [3.8, 4) is 0 Å². The summed E-state index contributed by atoms with van der Waals surface area (Å²) in [6.07, 6.45) is 3.73. The summed E-state index contributed by atoms with van der Waals surface area (Å²) in [4.78, 5) is 49.6. The van der Waals surface area contributed by atoms with E-state index in [9.17, 15) is 24.3 Å². The van der Waals surface area contributed by atoms with Gasteiger partial charge >= 0.3 is 29.4 Å². The molecule has 0 aromatic heterocycles. The lowest BCUT2D eigenvalue weighted by molar-refractivity contribution is -0.178. The van der Waals surface area contributed by atoms with Crippen LogP contribution in [0.2, 0.25) is 0 Å². The summed E-state index contributed by atoms with van der Waals surface area (Å²) in [6, 6.07) is -1.41. The zero-order chi connectivity index (χ0) is 21.6. The highest BCUT2D eigenvalue weighted by atomic mass is 16.6. The molecule has 1 atom stereocenters. The average molecular weight is 403 g/mol. The molecule has 0 unspecified atom stereocenters. The molecule has 0 saturated carbocycles. The number of aliphatic carboxylic acids is 1. The molecule has 0 aromatic carbocycles. The lowest BCUT2D eigenvalue weighted by Crippen LogP contribution is -2.68. The van der Waals surface area contributed by atoms with Crippen LogP contribution in [0.5, 0.6) is 0 Å². The van der Waals surface area contributed by atoms with E-state index in [-0.39, 0.29) is 19.8 Å². The molecule has 0 spiro atoms. The van der Waals surface area contributed by atoms with Crippen LogP contribution in [0.25, 0.3) is 0 Å². The maximum atomic E-state index is 12.8. The van der Waals surface area contributed by atoms with Crippen LogP contribution in [0.3, 0.4) is 0 Å². The van der Waals surface area contributed by atoms with Gasteiger partial charge in [0.2, 0.25) is 0 Å². The SMILES string of the molecule is CCCCOC(=O)C(N[C@@H](C)C(=O)O)(C(=O)OCCCC)C(=O)OCCCC. The van der Waals surface area contributed by atoms with Gasteiger partial charge in [-0.25, -0.2) is 14.4 Å². The highest BCUT2D eigenvalue weighted by Crippen LogP contribution is 2.17. The van der Waals surface area contributed by atoms with Crippen molar-refractivity contribution in [3.63, 3.8) is 0 Å². The normalized spacial score (nSPS) is 12.1. The fourth-order valence-electron chi connectivity index (χ4n) is 2.07. The Morgan fingerprint density at radius 3 is 1.36 bits per heavy atom. The minimum absolute atomic E-state index is 0.0231. The van der Waals surface area contributed by atoms with E-state index in [0.717, 1.165) is 19.3 Å². The second kappa shape index (κ2) is 13.9. The molecule has 9 heteroatoms. The third-order valence-electron chi connectivity index (χ3n) is 3.92. The predicted molar refractivity (Wildman–Crippen MR) is 101 cm³/mol. The van der Waals surface area contributed by atoms with E-state index in [1.165, 1.54) is 6.92 Å². The molecule has 0 fully saturated rings. The Bertz CT molecular complexity index is 465. The molecule has 0 aliphatic carbocycles. The number of hydrogen-bond donors (Lipinski definition) is 2. The Morgan fingerprint density at radius 1 is 0.786 bits per heavy atom. The molecule has 0 amide bonds. The van der Waals surface area contributed by atoms with Crippen LogP contribution >= 0.6 is 0 Å². The molecular weight excluding hydrogens is 370 g/mol. The van der Waals surface area contributed by atoms with Gasteiger partial charge in [-0.05, 0) is 26.2 Å². The Kier molecular flexibility index (Phi) is 12.9. The van der Waals surface area contributed by atoms with E-state index in [1.807, 2.05) is 20.8 Å². The number of carbonyl (C=O) groups is 4. The van der Waals surface area contributed by atoms with Crippen molar-refractivity contribution in [1.29, 1.82) is 0 Å². The molecule has 0 saturated heterocycles. The van der Waals surface area contributed by atoms with Crippen LogP contribution in [0.15, 0.2) is 0 Å². The molecule has 2 N–H and O–H groups in total. The number of carbonyl (C=O) groups excluding carboxylic acids is 3. The van der Waals surface area contributed by atoms with E-state index in [2.05, 4.69) is 5.32 Å². The van der Waals surface area contributed by atoms with Gasteiger partial charge < -0.3 is 19.3 Å². The molecule has 162 valence electrons. The first-order chi connectivity index (χ1) is 13.3. The number of ether oxygens (including phenoxy) is 3. The van der Waals surface area contributed by atoms with Crippen molar-refractivity contribution < 1.29 is 38.5 Å². The third kappa shape index (κ3) is 7.84. The van der Waals surface area contributed by atoms with E-state index >= 15 is 0 Å². The van der Waals surface area contributed by atoms with Crippen LogP contribution in [0.4, 0.5) is 0 Å². The molecular formula is C19H33NO8. The van der Waals surface area contributed by atoms with Gasteiger partial charge in [0, 0.05) is 0 Å². The van der Waals surface area contributed by atoms with Crippen molar-refractivity contribution in [2.45, 2.75) is 77.8 Å². The van der Waals surface area contributed by atoms with Gasteiger partial charge in [0.25, 0.3) is 0 Å². The van der Waals surface area contributed by atoms with Crippen molar-refractivity contribution in [2.75, 3.05) is 19.8 Å². The number of carboxylic acid groups (broad SMARTS) is 1. The van der Waals surface area contributed by atoms with Gasteiger partial charge in [0.1, 0.15) is 6.04 Å². The second-order valence-electron chi connectivity index (χ2n) is 6.42. The van der Waals surface area contributed by atoms with Gasteiger partial charge in [0.05, 0.1) is 19.8 Å².